The Bertz CT molecular complexity index is 1620. The van der Waals surface area contributed by atoms with Gasteiger partial charge in [0, 0.05) is 28.3 Å². The minimum atomic E-state index is -0.377. The van der Waals surface area contributed by atoms with E-state index in [9.17, 15) is 9.59 Å². The standard InChI is InChI=1S/C33H35ClN4O4S/c1-20(2)17-35-28(39)18-37-29(40)19-43-32(26-16-25(41-4)14-15-27(26)42-5)30-31(22-8-10-23(34)11-9-22)36-38(33(30)37)24-12-6-21(3)7-13-24/h6-16,20,32H,17-19H2,1-5H3,(H,35,39)/t32-/m0/s1. The number of thioether (sulfide) groups is 1. The topological polar surface area (TPSA) is 85.7 Å². The quantitative estimate of drug-likeness (QED) is 0.232. The first-order valence-electron chi connectivity index (χ1n) is 14.1. The van der Waals surface area contributed by atoms with Crippen molar-refractivity contribution < 1.29 is 19.1 Å². The monoisotopic (exact) mass is 618 g/mol. The van der Waals surface area contributed by atoms with Crippen molar-refractivity contribution >= 4 is 41.0 Å². The van der Waals surface area contributed by atoms with Crippen molar-refractivity contribution in [3.8, 4) is 28.4 Å². The predicted octanol–water partition coefficient (Wildman–Crippen LogP) is 6.46. The van der Waals surface area contributed by atoms with Crippen LogP contribution in [0.25, 0.3) is 16.9 Å². The minimum absolute atomic E-state index is 0.140. The first-order chi connectivity index (χ1) is 20.7. The van der Waals surface area contributed by atoms with Crippen LogP contribution in [0, 0.1) is 12.8 Å². The SMILES string of the molecule is COc1ccc(OC)c([C@@H]2SCC(=O)N(CC(=O)NCC(C)C)c3c2c(-c2ccc(Cl)cc2)nn3-c2ccc(C)cc2)c1. The number of benzene rings is 3. The van der Waals surface area contributed by atoms with Gasteiger partial charge in [0.05, 0.1) is 36.6 Å². The number of nitrogens with one attached hydrogen (secondary N) is 1. The molecule has 1 aliphatic rings. The number of carbonyl (C=O) groups is 2. The van der Waals surface area contributed by atoms with Gasteiger partial charge in [0.2, 0.25) is 11.8 Å². The van der Waals surface area contributed by atoms with Gasteiger partial charge in [0.1, 0.15) is 23.9 Å². The van der Waals surface area contributed by atoms with E-state index in [-0.39, 0.29) is 35.3 Å². The summed E-state index contributed by atoms with van der Waals surface area (Å²) in [5.41, 5.74) is 5.00. The van der Waals surface area contributed by atoms with Crippen molar-refractivity contribution in [3.63, 3.8) is 0 Å². The van der Waals surface area contributed by atoms with Gasteiger partial charge in [-0.3, -0.25) is 14.5 Å². The predicted molar refractivity (Wildman–Crippen MR) is 173 cm³/mol. The fourth-order valence-corrected chi connectivity index (χ4v) is 6.35. The van der Waals surface area contributed by atoms with Gasteiger partial charge in [-0.15, -0.1) is 11.8 Å². The zero-order chi connectivity index (χ0) is 30.7. The van der Waals surface area contributed by atoms with Crippen LogP contribution in [-0.2, 0) is 9.59 Å². The molecule has 0 bridgehead atoms. The summed E-state index contributed by atoms with van der Waals surface area (Å²) in [6.07, 6.45) is 0. The van der Waals surface area contributed by atoms with E-state index in [1.807, 2.05) is 87.5 Å². The third kappa shape index (κ3) is 6.53. The fraction of sp³-hybridized carbons (Fsp3) is 0.303. The highest BCUT2D eigenvalue weighted by molar-refractivity contribution is 8.00. The summed E-state index contributed by atoms with van der Waals surface area (Å²) in [4.78, 5) is 28.7. The Morgan fingerprint density at radius 3 is 2.44 bits per heavy atom. The third-order valence-electron chi connectivity index (χ3n) is 7.21. The van der Waals surface area contributed by atoms with E-state index in [1.54, 1.807) is 23.8 Å². The molecular formula is C33H35ClN4O4S. The Balaban J connectivity index is 1.81. The van der Waals surface area contributed by atoms with E-state index in [4.69, 9.17) is 26.2 Å². The largest absolute Gasteiger partial charge is 0.497 e. The average molecular weight is 619 g/mol. The van der Waals surface area contributed by atoms with Crippen LogP contribution in [0.1, 0.15) is 35.8 Å². The van der Waals surface area contributed by atoms with Crippen LogP contribution in [-0.4, -0.2) is 54.7 Å². The number of aryl methyl sites for hydroxylation is 1. The molecule has 43 heavy (non-hydrogen) atoms. The molecule has 3 aromatic carbocycles. The molecule has 0 unspecified atom stereocenters. The molecule has 1 atom stereocenters. The number of rotatable bonds is 9. The molecule has 0 saturated heterocycles. The van der Waals surface area contributed by atoms with Crippen molar-refractivity contribution in [2.75, 3.05) is 38.0 Å². The molecule has 1 aliphatic heterocycles. The molecule has 224 valence electrons. The minimum Gasteiger partial charge on any atom is -0.497 e. The van der Waals surface area contributed by atoms with Crippen LogP contribution in [0.15, 0.2) is 66.7 Å². The normalized spacial score (nSPS) is 14.8. The van der Waals surface area contributed by atoms with Crippen molar-refractivity contribution in [2.45, 2.75) is 26.0 Å². The molecule has 0 saturated carbocycles. The lowest BCUT2D eigenvalue weighted by Gasteiger charge is -2.24. The number of hydrogen-bond acceptors (Lipinski definition) is 6. The molecule has 4 aromatic rings. The molecule has 0 fully saturated rings. The van der Waals surface area contributed by atoms with Crippen LogP contribution in [0.2, 0.25) is 5.02 Å². The number of ether oxygens (including phenoxy) is 2. The van der Waals surface area contributed by atoms with Gasteiger partial charge in [-0.2, -0.15) is 5.10 Å². The van der Waals surface area contributed by atoms with Gasteiger partial charge in [-0.25, -0.2) is 4.68 Å². The number of nitrogens with zero attached hydrogens (tertiary/aromatic N) is 3. The number of anilines is 1. The molecule has 10 heteroatoms. The summed E-state index contributed by atoms with van der Waals surface area (Å²) in [6.45, 7) is 6.45. The van der Waals surface area contributed by atoms with E-state index in [0.717, 1.165) is 27.9 Å². The average Bonchev–Trinajstić information content (AvgIpc) is 3.32. The summed E-state index contributed by atoms with van der Waals surface area (Å²) in [5, 5.41) is 8.33. The molecular weight excluding hydrogens is 584 g/mol. The van der Waals surface area contributed by atoms with E-state index < -0.39 is 0 Å². The molecule has 0 spiro atoms. The molecule has 2 heterocycles. The second kappa shape index (κ2) is 13.1. The molecule has 1 aromatic heterocycles. The maximum atomic E-state index is 13.9. The van der Waals surface area contributed by atoms with E-state index in [1.165, 1.54) is 11.8 Å². The summed E-state index contributed by atoms with van der Waals surface area (Å²) in [5.74, 6) is 1.85. The number of halogens is 1. The van der Waals surface area contributed by atoms with Crippen molar-refractivity contribution in [1.82, 2.24) is 15.1 Å². The van der Waals surface area contributed by atoms with Gasteiger partial charge < -0.3 is 14.8 Å². The summed E-state index contributed by atoms with van der Waals surface area (Å²) < 4.78 is 13.2. The van der Waals surface area contributed by atoms with Crippen LogP contribution in [0.3, 0.4) is 0 Å². The molecule has 2 amide bonds. The second-order valence-corrected chi connectivity index (χ2v) is 12.3. The fourth-order valence-electron chi connectivity index (χ4n) is 5.01. The highest BCUT2D eigenvalue weighted by Crippen LogP contribution is 2.51. The maximum absolute atomic E-state index is 13.9. The summed E-state index contributed by atoms with van der Waals surface area (Å²) >= 11 is 7.75. The lowest BCUT2D eigenvalue weighted by Crippen LogP contribution is -2.43. The van der Waals surface area contributed by atoms with Crippen molar-refractivity contribution in [1.29, 1.82) is 0 Å². The number of carbonyl (C=O) groups excluding carboxylic acids is 2. The number of aromatic nitrogens is 2. The lowest BCUT2D eigenvalue weighted by atomic mass is 9.98. The van der Waals surface area contributed by atoms with Crippen LogP contribution >= 0.6 is 23.4 Å². The third-order valence-corrected chi connectivity index (χ3v) is 8.70. The Labute approximate surface area is 261 Å². The Morgan fingerprint density at radius 1 is 1.07 bits per heavy atom. The maximum Gasteiger partial charge on any atom is 0.240 e. The van der Waals surface area contributed by atoms with Crippen LogP contribution < -0.4 is 19.7 Å². The number of hydrogen-bond donors (Lipinski definition) is 1. The molecule has 0 radical (unpaired) electrons. The number of amides is 2. The Kier molecular flexibility index (Phi) is 9.32. The van der Waals surface area contributed by atoms with Gasteiger partial charge in [0.15, 0.2) is 0 Å². The second-order valence-electron chi connectivity index (χ2n) is 10.8. The van der Waals surface area contributed by atoms with Gasteiger partial charge in [-0.1, -0.05) is 55.3 Å². The molecule has 5 rings (SSSR count). The molecule has 8 nitrogen and oxygen atoms in total. The zero-order valence-electron chi connectivity index (χ0n) is 24.9. The lowest BCUT2D eigenvalue weighted by molar-refractivity contribution is -0.123. The highest BCUT2D eigenvalue weighted by Gasteiger charge is 2.38. The Hall–Kier alpha value is -3.95. The number of fused-ring (bicyclic) bond motifs is 1. The van der Waals surface area contributed by atoms with Gasteiger partial charge >= 0.3 is 0 Å². The highest BCUT2D eigenvalue weighted by atomic mass is 35.5. The van der Waals surface area contributed by atoms with Crippen molar-refractivity contribution in [3.05, 3.63) is 88.4 Å². The summed E-state index contributed by atoms with van der Waals surface area (Å²) in [6, 6.07) is 21.1. The van der Waals surface area contributed by atoms with Crippen LogP contribution in [0.4, 0.5) is 5.82 Å². The van der Waals surface area contributed by atoms with E-state index in [0.29, 0.717) is 34.6 Å². The van der Waals surface area contributed by atoms with Crippen molar-refractivity contribution in [2.24, 2.45) is 5.92 Å². The van der Waals surface area contributed by atoms with Gasteiger partial charge in [-0.05, 0) is 55.3 Å². The van der Waals surface area contributed by atoms with Gasteiger partial charge in [0.25, 0.3) is 0 Å². The molecule has 0 aliphatic carbocycles. The van der Waals surface area contributed by atoms with E-state index >= 15 is 0 Å². The Morgan fingerprint density at radius 2 is 1.79 bits per heavy atom. The first-order valence-corrected chi connectivity index (χ1v) is 15.5. The van der Waals surface area contributed by atoms with E-state index in [2.05, 4.69) is 5.32 Å². The smallest absolute Gasteiger partial charge is 0.240 e. The summed E-state index contributed by atoms with van der Waals surface area (Å²) in [7, 11) is 3.24. The number of methoxy groups -OCH3 is 2. The zero-order valence-corrected chi connectivity index (χ0v) is 26.5. The first kappa shape index (κ1) is 30.5. The van der Waals surface area contributed by atoms with Crippen LogP contribution in [0.5, 0.6) is 11.5 Å². The molecule has 1 N–H and O–H groups in total.